The summed E-state index contributed by atoms with van der Waals surface area (Å²) in [5.41, 5.74) is 0.290. The first-order valence-corrected chi connectivity index (χ1v) is 8.89. The highest BCUT2D eigenvalue weighted by atomic mass is 79.9. The number of carbonyl (C=O) groups is 2. The molecule has 1 aromatic carbocycles. The van der Waals surface area contributed by atoms with Crippen LogP contribution in [0.4, 0.5) is 10.6 Å². The van der Waals surface area contributed by atoms with Gasteiger partial charge in [-0.1, -0.05) is 37.6 Å². The molecular weight excluding hydrogens is 428 g/mol. The lowest BCUT2D eigenvalue weighted by atomic mass is 10.1. The third-order valence-corrected chi connectivity index (χ3v) is 4.59. The molecule has 1 heterocycles. The van der Waals surface area contributed by atoms with E-state index in [1.165, 1.54) is 0 Å². The zero-order chi connectivity index (χ0) is 19.3. The molecule has 10 heteroatoms. The molecule has 1 atom stereocenters. The highest BCUT2D eigenvalue weighted by Gasteiger charge is 2.21. The van der Waals surface area contributed by atoms with Gasteiger partial charge in [-0.3, -0.25) is 9.89 Å². The van der Waals surface area contributed by atoms with Gasteiger partial charge in [0.2, 0.25) is 0 Å². The van der Waals surface area contributed by atoms with Crippen LogP contribution in [0.25, 0.3) is 0 Å². The maximum Gasteiger partial charge on any atom is 0.414 e. The summed E-state index contributed by atoms with van der Waals surface area (Å²) in [5.74, 6) is -0.269. The zero-order valence-corrected chi connectivity index (χ0v) is 16.4. The second-order valence-corrected chi connectivity index (χ2v) is 6.92. The third-order valence-electron chi connectivity index (χ3n) is 3.53. The highest BCUT2D eigenvalue weighted by Crippen LogP contribution is 2.30. The number of H-pyrrole nitrogens is 1. The van der Waals surface area contributed by atoms with E-state index in [2.05, 4.69) is 36.8 Å². The largest absolute Gasteiger partial charge is 0.414 e. The van der Waals surface area contributed by atoms with Crippen LogP contribution in [-0.2, 0) is 0 Å². The quantitative estimate of drug-likeness (QED) is 0.545. The topological polar surface area (TPSA) is 116 Å². The Balaban J connectivity index is 2.04. The summed E-state index contributed by atoms with van der Waals surface area (Å²) < 4.78 is 5.35. The lowest BCUT2D eigenvalue weighted by molar-refractivity contribution is 0.102. The van der Waals surface area contributed by atoms with Crippen molar-refractivity contribution in [2.75, 3.05) is 11.9 Å². The Morgan fingerprint density at radius 1 is 1.38 bits per heavy atom. The molecule has 0 bridgehead atoms. The number of rotatable bonds is 6. The fraction of sp³-hybridized carbons (Fsp3) is 0.312. The van der Waals surface area contributed by atoms with E-state index in [1.54, 1.807) is 24.3 Å². The van der Waals surface area contributed by atoms with Gasteiger partial charge in [0.15, 0.2) is 0 Å². The number of anilines is 1. The lowest BCUT2D eigenvalue weighted by Crippen LogP contribution is -2.42. The van der Waals surface area contributed by atoms with E-state index in [9.17, 15) is 14.7 Å². The number of ether oxygens (including phenoxy) is 1. The van der Waals surface area contributed by atoms with Crippen molar-refractivity contribution < 1.29 is 19.4 Å². The average molecular weight is 446 g/mol. The number of aliphatic hydroxyl groups is 1. The summed E-state index contributed by atoms with van der Waals surface area (Å²) in [7, 11) is 0. The number of aromatic nitrogens is 2. The van der Waals surface area contributed by atoms with Gasteiger partial charge in [0.1, 0.15) is 10.3 Å². The molecular formula is C16H18BrClN4O4. The molecule has 2 rings (SSSR count). The summed E-state index contributed by atoms with van der Waals surface area (Å²) in [6.07, 6.45) is -0.770. The Morgan fingerprint density at radius 2 is 2.08 bits per heavy atom. The molecule has 0 unspecified atom stereocenters. The molecule has 0 saturated heterocycles. The van der Waals surface area contributed by atoms with Gasteiger partial charge >= 0.3 is 6.09 Å². The highest BCUT2D eigenvalue weighted by molar-refractivity contribution is 9.10. The summed E-state index contributed by atoms with van der Waals surface area (Å²) in [6, 6.07) is 6.14. The molecule has 8 nitrogen and oxygen atoms in total. The molecule has 140 valence electrons. The number of aliphatic hydroxyl groups excluding tert-OH is 1. The number of benzene rings is 1. The zero-order valence-electron chi connectivity index (χ0n) is 14.0. The number of halogens is 2. The Bertz CT molecular complexity index is 796. The molecule has 0 aliphatic rings. The smallest absolute Gasteiger partial charge is 0.394 e. The molecule has 4 N–H and O–H groups in total. The predicted molar refractivity (Wildman–Crippen MR) is 101 cm³/mol. The van der Waals surface area contributed by atoms with Crippen LogP contribution in [-0.4, -0.2) is 40.0 Å². The fourth-order valence-electron chi connectivity index (χ4n) is 1.98. The van der Waals surface area contributed by atoms with Crippen molar-refractivity contribution in [2.45, 2.75) is 19.9 Å². The first kappa shape index (κ1) is 20.2. The van der Waals surface area contributed by atoms with Crippen LogP contribution in [0.5, 0.6) is 5.88 Å². The van der Waals surface area contributed by atoms with E-state index in [-0.39, 0.29) is 28.7 Å². The standard InChI is InChI=1S/C16H18BrClN4O4/c1-8(2)11(7-23)19-16(25)26-15-12(17)13(21-22-15)20-14(24)9-5-3-4-6-10(9)18/h3-6,8,11,23H,7H2,1-2H3,(H,19,25)(H2,20,21,22,24)/t11-/m1/s1. The van der Waals surface area contributed by atoms with Gasteiger partial charge in [-0.05, 0) is 34.0 Å². The first-order valence-electron chi connectivity index (χ1n) is 7.72. The number of nitrogens with one attached hydrogen (secondary N) is 3. The van der Waals surface area contributed by atoms with Crippen molar-refractivity contribution in [2.24, 2.45) is 5.92 Å². The number of hydrogen-bond donors (Lipinski definition) is 4. The molecule has 0 aliphatic heterocycles. The number of nitrogens with zero attached hydrogens (tertiary/aromatic N) is 1. The minimum Gasteiger partial charge on any atom is -0.394 e. The Kier molecular flexibility index (Phi) is 7.01. The van der Waals surface area contributed by atoms with Crippen LogP contribution in [0, 0.1) is 5.92 Å². The maximum absolute atomic E-state index is 12.3. The SMILES string of the molecule is CC(C)[C@@H](CO)NC(=O)Oc1n[nH]c(NC(=O)c2ccccc2Cl)c1Br. The third kappa shape index (κ3) is 4.96. The van der Waals surface area contributed by atoms with E-state index in [0.29, 0.717) is 10.6 Å². The van der Waals surface area contributed by atoms with Crippen LogP contribution in [0.15, 0.2) is 28.7 Å². The average Bonchev–Trinajstić information content (AvgIpc) is 2.93. The van der Waals surface area contributed by atoms with Crippen molar-refractivity contribution in [1.29, 1.82) is 0 Å². The molecule has 2 aromatic rings. The maximum atomic E-state index is 12.3. The number of carbonyl (C=O) groups excluding carboxylic acids is 2. The van der Waals surface area contributed by atoms with E-state index in [0.717, 1.165) is 0 Å². The van der Waals surface area contributed by atoms with Crippen LogP contribution < -0.4 is 15.4 Å². The van der Waals surface area contributed by atoms with E-state index in [4.69, 9.17) is 16.3 Å². The number of aromatic amines is 1. The predicted octanol–water partition coefficient (Wildman–Crippen LogP) is 3.18. The lowest BCUT2D eigenvalue weighted by Gasteiger charge is -2.18. The second-order valence-electron chi connectivity index (χ2n) is 5.72. The van der Waals surface area contributed by atoms with E-state index in [1.807, 2.05) is 13.8 Å². The second kappa shape index (κ2) is 9.02. The monoisotopic (exact) mass is 444 g/mol. The van der Waals surface area contributed by atoms with Crippen LogP contribution in [0.3, 0.4) is 0 Å². The van der Waals surface area contributed by atoms with Crippen molar-refractivity contribution >= 4 is 45.3 Å². The van der Waals surface area contributed by atoms with Crippen LogP contribution in [0.2, 0.25) is 5.02 Å². The van der Waals surface area contributed by atoms with Crippen molar-refractivity contribution in [3.8, 4) is 5.88 Å². The minimum atomic E-state index is -0.770. The summed E-state index contributed by atoms with van der Waals surface area (Å²) >= 11 is 9.21. The molecule has 0 aliphatic carbocycles. The van der Waals surface area contributed by atoms with E-state index >= 15 is 0 Å². The summed E-state index contributed by atoms with van der Waals surface area (Å²) in [5, 5.41) is 21.1. The Morgan fingerprint density at radius 3 is 2.69 bits per heavy atom. The normalized spacial score (nSPS) is 11.9. The minimum absolute atomic E-state index is 0.0284. The van der Waals surface area contributed by atoms with Crippen molar-refractivity contribution in [3.63, 3.8) is 0 Å². The van der Waals surface area contributed by atoms with E-state index < -0.39 is 18.0 Å². The molecule has 0 fully saturated rings. The van der Waals surface area contributed by atoms with Gasteiger partial charge in [0.05, 0.1) is 23.2 Å². The summed E-state index contributed by atoms with van der Waals surface area (Å²) in [6.45, 7) is 3.50. The van der Waals surface area contributed by atoms with Crippen molar-refractivity contribution in [3.05, 3.63) is 39.3 Å². The Labute approximate surface area is 163 Å². The fourth-order valence-corrected chi connectivity index (χ4v) is 2.56. The van der Waals surface area contributed by atoms with Crippen LogP contribution in [0.1, 0.15) is 24.2 Å². The molecule has 2 amide bonds. The van der Waals surface area contributed by atoms with Gasteiger partial charge in [-0.15, -0.1) is 5.10 Å². The first-order chi connectivity index (χ1) is 12.3. The number of hydrogen-bond acceptors (Lipinski definition) is 5. The van der Waals surface area contributed by atoms with Gasteiger partial charge in [-0.2, -0.15) is 0 Å². The molecule has 26 heavy (non-hydrogen) atoms. The Hall–Kier alpha value is -2.10. The summed E-state index contributed by atoms with van der Waals surface area (Å²) in [4.78, 5) is 24.2. The van der Waals surface area contributed by atoms with Gasteiger partial charge < -0.3 is 20.5 Å². The van der Waals surface area contributed by atoms with Crippen LogP contribution >= 0.6 is 27.5 Å². The molecule has 0 saturated carbocycles. The molecule has 0 radical (unpaired) electrons. The number of amides is 2. The van der Waals surface area contributed by atoms with Crippen molar-refractivity contribution in [1.82, 2.24) is 15.5 Å². The van der Waals surface area contributed by atoms with Gasteiger partial charge in [-0.25, -0.2) is 4.79 Å². The molecule has 1 aromatic heterocycles. The van der Waals surface area contributed by atoms with Gasteiger partial charge in [0.25, 0.3) is 11.8 Å². The molecule has 0 spiro atoms. The van der Waals surface area contributed by atoms with Gasteiger partial charge in [0, 0.05) is 0 Å².